The Kier molecular flexibility index (Phi) is 1.94. The van der Waals surface area contributed by atoms with Gasteiger partial charge in [-0.3, -0.25) is 0 Å². The maximum atomic E-state index is 5.42. The smallest absolute Gasteiger partial charge is 0.233 e. The van der Waals surface area contributed by atoms with E-state index in [9.17, 15) is 0 Å². The van der Waals surface area contributed by atoms with E-state index >= 15 is 0 Å². The molecule has 57 valence electrons. The van der Waals surface area contributed by atoms with Crippen molar-refractivity contribution in [3.63, 3.8) is 0 Å². The Labute approximate surface area is 61.0 Å². The molecule has 3 heteroatoms. The van der Waals surface area contributed by atoms with Crippen molar-refractivity contribution in [1.82, 2.24) is 0 Å². The van der Waals surface area contributed by atoms with Gasteiger partial charge >= 0.3 is 0 Å². The summed E-state index contributed by atoms with van der Waals surface area (Å²) >= 11 is 0. The normalized spacial score (nSPS) is 24.9. The first-order chi connectivity index (χ1) is 4.58. The van der Waals surface area contributed by atoms with Crippen molar-refractivity contribution < 1.29 is 9.57 Å². The lowest BCUT2D eigenvalue weighted by Gasteiger charge is -2.22. The first-order valence-electron chi connectivity index (χ1n) is 3.34. The van der Waals surface area contributed by atoms with Crippen LogP contribution in [-0.4, -0.2) is 18.1 Å². The molecule has 0 saturated carbocycles. The lowest BCUT2D eigenvalue weighted by Crippen LogP contribution is -2.26. The molecule has 1 radical (unpaired) electrons. The van der Waals surface area contributed by atoms with E-state index in [1.165, 1.54) is 0 Å². The number of nitrogens with zero attached hydrogens (tertiary/aromatic N) is 1. The fourth-order valence-electron chi connectivity index (χ4n) is 0.703. The van der Waals surface area contributed by atoms with Gasteiger partial charge in [-0.1, -0.05) is 5.16 Å². The van der Waals surface area contributed by atoms with E-state index in [2.05, 4.69) is 11.4 Å². The predicted octanol–water partition coefficient (Wildman–Crippen LogP) is 1.41. The summed E-state index contributed by atoms with van der Waals surface area (Å²) in [6.07, 6.45) is 3.09. The standard InChI is InChI=1S/C7H12NO2/c1-7(2,3)9-6-4-5-8-10-6/h6H,4H2,1-3H3. The zero-order chi connectivity index (χ0) is 7.61. The zero-order valence-electron chi connectivity index (χ0n) is 6.55. The van der Waals surface area contributed by atoms with Crippen molar-refractivity contribution in [1.29, 1.82) is 0 Å². The molecule has 1 heterocycles. The van der Waals surface area contributed by atoms with Crippen LogP contribution in [0.1, 0.15) is 27.2 Å². The molecule has 0 bridgehead atoms. The Morgan fingerprint density at radius 2 is 2.30 bits per heavy atom. The third-order valence-corrected chi connectivity index (χ3v) is 0.978. The summed E-state index contributed by atoms with van der Waals surface area (Å²) < 4.78 is 5.42. The van der Waals surface area contributed by atoms with Gasteiger partial charge in [-0.15, -0.1) is 0 Å². The van der Waals surface area contributed by atoms with E-state index in [0.717, 1.165) is 0 Å². The number of rotatable bonds is 1. The lowest BCUT2D eigenvalue weighted by molar-refractivity contribution is -0.181. The fraction of sp³-hybridized carbons (Fsp3) is 0.857. The topological polar surface area (TPSA) is 30.8 Å². The second-order valence-corrected chi connectivity index (χ2v) is 3.22. The Bertz CT molecular complexity index is 129. The van der Waals surface area contributed by atoms with Crippen molar-refractivity contribution in [2.45, 2.75) is 39.1 Å². The molecule has 0 aliphatic carbocycles. The van der Waals surface area contributed by atoms with Gasteiger partial charge in [-0.2, -0.15) is 0 Å². The van der Waals surface area contributed by atoms with Crippen LogP contribution in [-0.2, 0) is 9.57 Å². The lowest BCUT2D eigenvalue weighted by atomic mass is 10.2. The summed E-state index contributed by atoms with van der Waals surface area (Å²) in [7, 11) is 0. The van der Waals surface area contributed by atoms with Crippen LogP contribution in [0.15, 0.2) is 5.16 Å². The molecule has 0 aromatic heterocycles. The van der Waals surface area contributed by atoms with E-state index in [0.29, 0.717) is 6.42 Å². The largest absolute Gasteiger partial charge is 0.363 e. The van der Waals surface area contributed by atoms with Gasteiger partial charge in [0.2, 0.25) is 6.29 Å². The van der Waals surface area contributed by atoms with E-state index in [1.807, 2.05) is 20.8 Å². The minimum atomic E-state index is -0.222. The third-order valence-electron chi connectivity index (χ3n) is 0.978. The van der Waals surface area contributed by atoms with Gasteiger partial charge < -0.3 is 9.57 Å². The van der Waals surface area contributed by atoms with Crippen LogP contribution in [0.3, 0.4) is 0 Å². The van der Waals surface area contributed by atoms with Crippen LogP contribution < -0.4 is 0 Å². The molecule has 0 aromatic carbocycles. The first-order valence-corrected chi connectivity index (χ1v) is 3.34. The minimum Gasteiger partial charge on any atom is -0.363 e. The maximum Gasteiger partial charge on any atom is 0.233 e. The van der Waals surface area contributed by atoms with E-state index in [-0.39, 0.29) is 11.9 Å². The van der Waals surface area contributed by atoms with Crippen molar-refractivity contribution in [2.24, 2.45) is 5.16 Å². The fourth-order valence-corrected chi connectivity index (χ4v) is 0.703. The Hall–Kier alpha value is -0.570. The predicted molar refractivity (Wildman–Crippen MR) is 37.8 cm³/mol. The highest BCUT2D eigenvalue weighted by atomic mass is 16.8. The summed E-state index contributed by atoms with van der Waals surface area (Å²) in [6.45, 7) is 5.94. The summed E-state index contributed by atoms with van der Waals surface area (Å²) in [6, 6.07) is 0. The molecule has 1 atom stereocenters. The molecule has 0 saturated heterocycles. The van der Waals surface area contributed by atoms with Gasteiger partial charge in [0.05, 0.1) is 12.0 Å². The van der Waals surface area contributed by atoms with Gasteiger partial charge in [-0.25, -0.2) is 0 Å². The molecule has 1 unspecified atom stereocenters. The van der Waals surface area contributed by atoms with Crippen molar-refractivity contribution in [3.05, 3.63) is 0 Å². The van der Waals surface area contributed by atoms with Crippen LogP contribution >= 0.6 is 0 Å². The molecule has 1 aliphatic heterocycles. The van der Waals surface area contributed by atoms with Crippen molar-refractivity contribution in [3.8, 4) is 0 Å². The highest BCUT2D eigenvalue weighted by Crippen LogP contribution is 2.15. The summed E-state index contributed by atoms with van der Waals surface area (Å²) in [5.74, 6) is 0. The van der Waals surface area contributed by atoms with Crippen LogP contribution in [0.2, 0.25) is 0 Å². The average molecular weight is 142 g/mol. The van der Waals surface area contributed by atoms with Crippen LogP contribution in [0.5, 0.6) is 0 Å². The molecule has 1 aliphatic rings. The minimum absolute atomic E-state index is 0.161. The molecule has 10 heavy (non-hydrogen) atoms. The monoisotopic (exact) mass is 142 g/mol. The molecule has 0 N–H and O–H groups in total. The molecule has 1 rings (SSSR count). The summed E-state index contributed by atoms with van der Waals surface area (Å²) in [5, 5.41) is 3.47. The Morgan fingerprint density at radius 1 is 1.60 bits per heavy atom. The zero-order valence-corrected chi connectivity index (χ0v) is 6.55. The number of ether oxygens (including phenoxy) is 1. The van der Waals surface area contributed by atoms with Crippen LogP contribution in [0.4, 0.5) is 0 Å². The van der Waals surface area contributed by atoms with Gasteiger partial charge in [0, 0.05) is 0 Å². The van der Waals surface area contributed by atoms with Crippen LogP contribution in [0, 0.1) is 0 Å². The van der Waals surface area contributed by atoms with E-state index in [1.54, 1.807) is 0 Å². The number of hydrogen-bond acceptors (Lipinski definition) is 3. The van der Waals surface area contributed by atoms with Gasteiger partial charge in [-0.05, 0) is 20.8 Å². The van der Waals surface area contributed by atoms with Gasteiger partial charge in [0.15, 0.2) is 0 Å². The first kappa shape index (κ1) is 7.54. The molecule has 0 spiro atoms. The quantitative estimate of drug-likeness (QED) is 0.554. The second-order valence-electron chi connectivity index (χ2n) is 3.22. The second kappa shape index (κ2) is 2.58. The van der Waals surface area contributed by atoms with Gasteiger partial charge in [0.25, 0.3) is 0 Å². The molecule has 3 nitrogen and oxygen atoms in total. The molecule has 0 fully saturated rings. The molecular formula is C7H12NO2. The maximum absolute atomic E-state index is 5.42. The molecule has 0 amide bonds. The highest BCUT2D eigenvalue weighted by molar-refractivity contribution is 5.58. The third kappa shape index (κ3) is 2.35. The van der Waals surface area contributed by atoms with Crippen molar-refractivity contribution in [2.75, 3.05) is 0 Å². The van der Waals surface area contributed by atoms with Crippen molar-refractivity contribution >= 4 is 6.21 Å². The Balaban J connectivity index is 2.26. The Morgan fingerprint density at radius 3 is 2.70 bits per heavy atom. The average Bonchev–Trinajstić information content (AvgIpc) is 2.12. The summed E-state index contributed by atoms with van der Waals surface area (Å²) in [4.78, 5) is 4.82. The number of hydrogen-bond donors (Lipinski definition) is 0. The van der Waals surface area contributed by atoms with Gasteiger partial charge in [0.1, 0.15) is 6.21 Å². The van der Waals surface area contributed by atoms with Crippen LogP contribution in [0.25, 0.3) is 0 Å². The molecular weight excluding hydrogens is 130 g/mol. The summed E-state index contributed by atoms with van der Waals surface area (Å²) in [5.41, 5.74) is -0.161. The molecule has 0 aromatic rings. The van der Waals surface area contributed by atoms with E-state index in [4.69, 9.17) is 9.57 Å². The van der Waals surface area contributed by atoms with E-state index < -0.39 is 0 Å². The SMILES string of the molecule is CC(C)(C)OC1C[C]=NO1. The highest BCUT2D eigenvalue weighted by Gasteiger charge is 2.21.